The van der Waals surface area contributed by atoms with Crippen LogP contribution in [0.2, 0.25) is 0 Å². The summed E-state index contributed by atoms with van der Waals surface area (Å²) in [6.45, 7) is 0. The molecule has 0 aliphatic carbocycles. The van der Waals surface area contributed by atoms with Crippen LogP contribution in [0.25, 0.3) is 0 Å². The van der Waals surface area contributed by atoms with Crippen molar-refractivity contribution in [2.24, 2.45) is 0 Å². The van der Waals surface area contributed by atoms with E-state index in [9.17, 15) is 0 Å². The van der Waals surface area contributed by atoms with Crippen LogP contribution in [-0.2, 0) is 0 Å². The highest BCUT2D eigenvalue weighted by atomic mass is 79.9. The predicted molar refractivity (Wildman–Crippen MR) is 68.9 cm³/mol. The van der Waals surface area contributed by atoms with Gasteiger partial charge in [0.25, 0.3) is 0 Å². The van der Waals surface area contributed by atoms with E-state index in [-0.39, 0.29) is 112 Å². The van der Waals surface area contributed by atoms with Gasteiger partial charge in [-0.25, -0.2) is 0 Å². The molecule has 0 rings (SSSR count). The van der Waals surface area contributed by atoms with Crippen molar-refractivity contribution in [1.29, 1.82) is 0 Å². The molecule has 7 heteroatoms. The highest BCUT2D eigenvalue weighted by Crippen LogP contribution is 0.862. The number of hydrogen-bond acceptors (Lipinski definition) is 0. The Balaban J connectivity index is 0. The summed E-state index contributed by atoms with van der Waals surface area (Å²) in [7, 11) is 0. The molecule has 0 aromatic heterocycles. The third-order valence-electron chi connectivity index (χ3n) is 0. The lowest BCUT2D eigenvalue weighted by molar-refractivity contribution is 6.92. The summed E-state index contributed by atoms with van der Waals surface area (Å²) in [4.78, 5) is 0. The highest BCUT2D eigenvalue weighted by Gasteiger charge is 0.0000552. The third kappa shape index (κ3) is 45.4. The van der Waals surface area contributed by atoms with E-state index < -0.39 is 0 Å². The van der Waals surface area contributed by atoms with Gasteiger partial charge in [-0.3, -0.25) is 0 Å². The molecule has 0 aliphatic heterocycles. The van der Waals surface area contributed by atoms with Gasteiger partial charge < -0.3 is 0 Å². The lowest BCUT2D eigenvalue weighted by atomic mass is 31.0. The van der Waals surface area contributed by atoms with Gasteiger partial charge >= 0.3 is 0 Å². The summed E-state index contributed by atoms with van der Waals surface area (Å²) in [5.74, 6) is 0. The summed E-state index contributed by atoms with van der Waals surface area (Å²) >= 11 is 0. The second-order valence-electron chi connectivity index (χ2n) is 0. The van der Waals surface area contributed by atoms with Crippen LogP contribution < -0.4 is 0 Å². The molecule has 0 unspecified atom stereocenters. The molecule has 0 saturated heterocycles. The zero-order valence-corrected chi connectivity index (χ0v) is 14.1. The highest BCUT2D eigenvalue weighted by molar-refractivity contribution is 8.93. The fraction of sp³-hybridized carbons (Fsp3) is 0. The fourth-order valence-electron chi connectivity index (χ4n) is 0. The van der Waals surface area contributed by atoms with E-state index >= 15 is 0 Å². The second kappa shape index (κ2) is 58.7. The molecule has 0 aromatic rings. The summed E-state index contributed by atoms with van der Waals surface area (Å²) in [6.07, 6.45) is 0. The Morgan fingerprint density at radius 3 is 0.286 bits per heavy atom. The monoisotopic (exact) mass is 511 g/mol. The number of hydrogen-bond donors (Lipinski definition) is 0. The first-order chi connectivity index (χ1) is 0. The average molecular weight is 516 g/mol. The maximum atomic E-state index is 0. The van der Waals surface area contributed by atoms with E-state index in [0.29, 0.717) is 0 Å². The van der Waals surface area contributed by atoms with Crippen molar-refractivity contribution in [1.82, 2.24) is 0 Å². The molecule has 0 aromatic carbocycles. The van der Waals surface area contributed by atoms with Crippen LogP contribution in [0.3, 0.4) is 0 Å². The first-order valence-corrected chi connectivity index (χ1v) is 0. The van der Waals surface area contributed by atoms with E-state index in [2.05, 4.69) is 0 Å². The van der Waals surface area contributed by atoms with Gasteiger partial charge in [-0.15, -0.1) is 102 Å². The number of halogens is 6. The van der Waals surface area contributed by atoms with E-state index in [4.69, 9.17) is 0 Å². The van der Waals surface area contributed by atoms with E-state index in [1.54, 1.807) is 0 Å². The van der Waals surface area contributed by atoms with Crippen molar-refractivity contribution >= 4 is 112 Å². The molecule has 0 aliphatic rings. The van der Waals surface area contributed by atoms with Gasteiger partial charge in [0, 0.05) is 9.90 Å². The smallest absolute Gasteiger partial charge is 0 e. The van der Waals surface area contributed by atoms with Crippen LogP contribution in [0, 0.1) is 0 Å². The largest absolute Gasteiger partial charge is 0.114 e. The minimum Gasteiger partial charge on any atom is -0.114 e. The topological polar surface area (TPSA) is 0 Å². The maximum Gasteiger partial charge on any atom is 0 e. The Morgan fingerprint density at radius 1 is 0.286 bits per heavy atom. The van der Waals surface area contributed by atoms with E-state index in [1.165, 1.54) is 0 Å². The van der Waals surface area contributed by atoms with Crippen LogP contribution in [0.4, 0.5) is 0 Å². The lowest BCUT2D eigenvalue weighted by Crippen LogP contribution is 0.845. The third-order valence-corrected chi connectivity index (χ3v) is 0. The summed E-state index contributed by atoms with van der Waals surface area (Å²) in [5.41, 5.74) is 0. The maximum absolute atomic E-state index is 0. The van der Waals surface area contributed by atoms with E-state index in [0.717, 1.165) is 0 Å². The van der Waals surface area contributed by atoms with Crippen molar-refractivity contribution in [3.8, 4) is 0 Å². The van der Waals surface area contributed by atoms with Crippen LogP contribution in [-0.4, -0.2) is 0 Å². The molecule has 0 spiro atoms. The Morgan fingerprint density at radius 2 is 0.286 bits per heavy atom. The van der Waals surface area contributed by atoms with Gasteiger partial charge in [-0.05, 0) is 0 Å². The minimum atomic E-state index is 0. The molecule has 0 atom stereocenters. The van der Waals surface area contributed by atoms with Crippen molar-refractivity contribution in [2.45, 2.75) is 0 Å². The van der Waals surface area contributed by atoms with Crippen molar-refractivity contribution < 1.29 is 0 Å². The summed E-state index contributed by atoms with van der Waals surface area (Å²) < 4.78 is 0. The van der Waals surface area contributed by atoms with Crippen LogP contribution in [0.15, 0.2) is 0 Å². The zero-order valence-electron chi connectivity index (χ0n) is 2.90. The lowest BCUT2D eigenvalue weighted by Gasteiger charge is -0.115. The van der Waals surface area contributed by atoms with Crippen molar-refractivity contribution in [3.05, 3.63) is 0 Å². The zero-order chi connectivity index (χ0) is 0. The molecule has 0 heterocycles. The number of rotatable bonds is 0. The minimum absolute atomic E-state index is 0. The molecule has 0 N–H and O–H groups in total. The van der Waals surface area contributed by atoms with Crippen LogP contribution in [0.1, 0.15) is 0 Å². The molecule has 3 radical (unpaired) electrons. The summed E-state index contributed by atoms with van der Waals surface area (Å²) in [5, 5.41) is 0. The Labute approximate surface area is 110 Å². The standard InChI is InChI=1S/6BrH.P/h6*1H;. The Hall–Kier alpha value is 3.31. The second-order valence-corrected chi connectivity index (χ2v) is 0. The SMILES string of the molecule is Br.Br.Br.Br.Br.Br.[P]. The van der Waals surface area contributed by atoms with Crippen LogP contribution >= 0.6 is 112 Å². The van der Waals surface area contributed by atoms with E-state index in [1.807, 2.05) is 0 Å². The molecule has 53 valence electrons. The van der Waals surface area contributed by atoms with Gasteiger partial charge in [0.15, 0.2) is 0 Å². The fourth-order valence-corrected chi connectivity index (χ4v) is 0. The molecule has 7 heavy (non-hydrogen) atoms. The van der Waals surface area contributed by atoms with Crippen LogP contribution in [0.5, 0.6) is 0 Å². The van der Waals surface area contributed by atoms with Gasteiger partial charge in [0.05, 0.1) is 0 Å². The Kier molecular flexibility index (Phi) is 684. The van der Waals surface area contributed by atoms with Crippen molar-refractivity contribution in [2.75, 3.05) is 0 Å². The first kappa shape index (κ1) is 81.6. The molecular weight excluding hydrogens is 510 g/mol. The summed E-state index contributed by atoms with van der Waals surface area (Å²) in [6, 6.07) is 0. The predicted octanol–water partition coefficient (Wildman–Crippen LogP) is 4.33. The van der Waals surface area contributed by atoms with Gasteiger partial charge in [0.1, 0.15) is 0 Å². The molecule has 0 nitrogen and oxygen atoms in total. The molecule has 0 fully saturated rings. The molecular formula is H6Br6P. The Bertz CT molecular complexity index is 4.14. The van der Waals surface area contributed by atoms with Crippen molar-refractivity contribution in [3.63, 3.8) is 0 Å². The molecule has 0 amide bonds. The molecule has 0 bridgehead atoms. The van der Waals surface area contributed by atoms with Gasteiger partial charge in [-0.1, -0.05) is 0 Å². The average Bonchev–Trinajstić information content (AvgIpc) is 0. The first-order valence-electron chi connectivity index (χ1n) is 0. The van der Waals surface area contributed by atoms with Gasteiger partial charge in [-0.2, -0.15) is 0 Å². The molecule has 0 saturated carbocycles. The quantitative estimate of drug-likeness (QED) is 0.421. The van der Waals surface area contributed by atoms with Gasteiger partial charge in [0.2, 0.25) is 0 Å². The normalized spacial score (nSPS) is 0.